The number of hydrogen-bond acceptors (Lipinski definition) is 6. The quantitative estimate of drug-likeness (QED) is 0.707. The van der Waals surface area contributed by atoms with Gasteiger partial charge in [0.2, 0.25) is 11.8 Å². The summed E-state index contributed by atoms with van der Waals surface area (Å²) in [4.78, 5) is 11.2. The highest BCUT2D eigenvalue weighted by atomic mass is 79.9. The molecule has 0 N–H and O–H groups in total. The Hall–Kier alpha value is -1.91. The molecule has 0 aromatic carbocycles. The molecule has 0 amide bonds. The number of ether oxygens (including phenoxy) is 1. The number of halogens is 4. The smallest absolute Gasteiger partial charge is 0.436 e. The summed E-state index contributed by atoms with van der Waals surface area (Å²) in [6, 6.07) is 0. The first-order chi connectivity index (χ1) is 11.3. The van der Waals surface area contributed by atoms with Gasteiger partial charge in [-0.15, -0.1) is 10.2 Å². The first kappa shape index (κ1) is 16.9. The summed E-state index contributed by atoms with van der Waals surface area (Å²) < 4.78 is 50.1. The average Bonchev–Trinajstić information content (AvgIpc) is 3.15. The number of rotatable bonds is 5. The number of hydrogen-bond donors (Lipinski definition) is 0. The normalized spacial score (nSPS) is 14.9. The fourth-order valence-corrected chi connectivity index (χ4v) is 3.08. The molecule has 1 saturated carbocycles. The first-order valence-corrected chi connectivity index (χ1v) is 7.80. The molecule has 130 valence electrons. The fraction of sp³-hybridized carbons (Fsp3) is 0.538. The van der Waals surface area contributed by atoms with Crippen molar-refractivity contribution in [3.05, 3.63) is 27.6 Å². The van der Waals surface area contributed by atoms with Crippen LogP contribution < -0.4 is 0 Å². The molecule has 0 radical (unpaired) electrons. The van der Waals surface area contributed by atoms with Crippen LogP contribution in [0.25, 0.3) is 0 Å². The highest BCUT2D eigenvalue weighted by Crippen LogP contribution is 2.47. The zero-order valence-electron chi connectivity index (χ0n) is 12.4. The van der Waals surface area contributed by atoms with Crippen LogP contribution in [-0.4, -0.2) is 33.1 Å². The van der Waals surface area contributed by atoms with Crippen molar-refractivity contribution in [3.8, 4) is 0 Å². The third kappa shape index (κ3) is 3.45. The van der Waals surface area contributed by atoms with Crippen LogP contribution in [0.15, 0.2) is 8.89 Å². The van der Waals surface area contributed by atoms with Gasteiger partial charge in [-0.1, -0.05) is 0 Å². The summed E-state index contributed by atoms with van der Waals surface area (Å²) in [7, 11) is 1.22. The van der Waals surface area contributed by atoms with Gasteiger partial charge in [0.05, 0.1) is 17.3 Å². The van der Waals surface area contributed by atoms with Crippen LogP contribution in [0.2, 0.25) is 0 Å². The lowest BCUT2D eigenvalue weighted by Gasteiger charge is -2.03. The van der Waals surface area contributed by atoms with Gasteiger partial charge < -0.3 is 9.15 Å². The summed E-state index contributed by atoms with van der Waals surface area (Å²) in [6.45, 7) is -0.102. The minimum Gasteiger partial charge on any atom is -0.469 e. The highest BCUT2D eigenvalue weighted by molar-refractivity contribution is 9.10. The molecule has 1 aliphatic rings. The molecule has 2 heterocycles. The number of carbonyl (C=O) groups excluding carboxylic acids is 1. The lowest BCUT2D eigenvalue weighted by molar-refractivity contribution is -0.142. The second-order valence-electron chi connectivity index (χ2n) is 5.32. The number of alkyl halides is 3. The Morgan fingerprint density at radius 1 is 1.38 bits per heavy atom. The second-order valence-corrected chi connectivity index (χ2v) is 6.11. The van der Waals surface area contributed by atoms with Crippen molar-refractivity contribution in [2.45, 2.75) is 37.9 Å². The highest BCUT2D eigenvalue weighted by Gasteiger charge is 2.41. The van der Waals surface area contributed by atoms with Crippen LogP contribution >= 0.6 is 15.9 Å². The molecular formula is C13H12BrF3N4O3. The van der Waals surface area contributed by atoms with Crippen molar-refractivity contribution in [1.82, 2.24) is 20.0 Å². The number of aromatic nitrogens is 4. The molecule has 2 aromatic heterocycles. The molecule has 24 heavy (non-hydrogen) atoms. The Balaban J connectivity index is 1.86. The minimum absolute atomic E-state index is 0.0282. The predicted octanol–water partition coefficient (Wildman–Crippen LogP) is 2.69. The Kier molecular flexibility index (Phi) is 4.37. The van der Waals surface area contributed by atoms with E-state index in [0.29, 0.717) is 5.69 Å². The molecule has 2 aromatic rings. The van der Waals surface area contributed by atoms with Gasteiger partial charge in [0, 0.05) is 5.92 Å². The van der Waals surface area contributed by atoms with Gasteiger partial charge in [0.1, 0.15) is 13.0 Å². The van der Waals surface area contributed by atoms with E-state index in [1.165, 1.54) is 11.8 Å². The van der Waals surface area contributed by atoms with Gasteiger partial charge in [-0.3, -0.25) is 9.48 Å². The molecule has 0 atom stereocenters. The van der Waals surface area contributed by atoms with E-state index in [4.69, 9.17) is 4.42 Å². The van der Waals surface area contributed by atoms with E-state index in [1.807, 2.05) is 0 Å². The van der Waals surface area contributed by atoms with Crippen molar-refractivity contribution < 1.29 is 27.1 Å². The van der Waals surface area contributed by atoms with Crippen LogP contribution in [0.5, 0.6) is 0 Å². The van der Waals surface area contributed by atoms with E-state index in [-0.39, 0.29) is 35.1 Å². The Bertz CT molecular complexity index is 767. The second kappa shape index (κ2) is 6.19. The lowest BCUT2D eigenvalue weighted by atomic mass is 10.2. The third-order valence-corrected chi connectivity index (χ3v) is 4.26. The standard InChI is InChI=1S/C13H12BrF3N4O3/c1-23-9(22)4-7-18-19-8(24-7)5-21-11(6-2-3-6)10(14)12(20-21)13(15,16)17/h6H,2-5H2,1H3. The van der Waals surface area contributed by atoms with Crippen molar-refractivity contribution in [2.24, 2.45) is 0 Å². The van der Waals surface area contributed by atoms with Crippen molar-refractivity contribution in [2.75, 3.05) is 7.11 Å². The first-order valence-electron chi connectivity index (χ1n) is 7.01. The van der Waals surface area contributed by atoms with Crippen molar-refractivity contribution >= 4 is 21.9 Å². The van der Waals surface area contributed by atoms with Gasteiger partial charge in [-0.2, -0.15) is 18.3 Å². The minimum atomic E-state index is -4.56. The van der Waals surface area contributed by atoms with E-state index < -0.39 is 17.8 Å². The Morgan fingerprint density at radius 3 is 2.62 bits per heavy atom. The van der Waals surface area contributed by atoms with Gasteiger partial charge in [0.25, 0.3) is 0 Å². The van der Waals surface area contributed by atoms with E-state index >= 15 is 0 Å². The SMILES string of the molecule is COC(=O)Cc1nnc(Cn2nc(C(F)(F)F)c(Br)c2C2CC2)o1. The molecular weight excluding hydrogens is 397 g/mol. The van der Waals surface area contributed by atoms with E-state index in [0.717, 1.165) is 12.8 Å². The Morgan fingerprint density at radius 2 is 2.04 bits per heavy atom. The molecule has 7 nitrogen and oxygen atoms in total. The molecule has 3 rings (SSSR count). The van der Waals surface area contributed by atoms with Gasteiger partial charge in [-0.25, -0.2) is 0 Å². The summed E-state index contributed by atoms with van der Waals surface area (Å²) in [6.07, 6.45) is -3.15. The van der Waals surface area contributed by atoms with E-state index in [1.54, 1.807) is 0 Å². The van der Waals surface area contributed by atoms with Crippen molar-refractivity contribution in [3.63, 3.8) is 0 Å². The lowest BCUT2D eigenvalue weighted by Crippen LogP contribution is -2.10. The summed E-state index contributed by atoms with van der Waals surface area (Å²) in [5, 5.41) is 11.1. The maximum absolute atomic E-state index is 13.0. The molecule has 0 unspecified atom stereocenters. The zero-order valence-corrected chi connectivity index (χ0v) is 14.0. The van der Waals surface area contributed by atoms with E-state index in [9.17, 15) is 18.0 Å². The molecule has 1 aliphatic carbocycles. The van der Waals surface area contributed by atoms with Crippen LogP contribution in [0.1, 0.15) is 41.9 Å². The van der Waals surface area contributed by atoms with Gasteiger partial charge in [-0.05, 0) is 28.8 Å². The number of nitrogens with zero attached hydrogens (tertiary/aromatic N) is 4. The number of methoxy groups -OCH3 is 1. The number of carbonyl (C=O) groups is 1. The zero-order chi connectivity index (χ0) is 17.5. The summed E-state index contributed by atoms with van der Waals surface area (Å²) >= 11 is 3.01. The molecule has 11 heteroatoms. The van der Waals surface area contributed by atoms with Crippen molar-refractivity contribution in [1.29, 1.82) is 0 Å². The molecule has 0 bridgehead atoms. The van der Waals surface area contributed by atoms with Gasteiger partial charge in [0.15, 0.2) is 5.69 Å². The topological polar surface area (TPSA) is 83.0 Å². The monoisotopic (exact) mass is 408 g/mol. The summed E-state index contributed by atoms with van der Waals surface area (Å²) in [5.74, 6) is -0.419. The molecule has 0 saturated heterocycles. The van der Waals surface area contributed by atoms with Crippen LogP contribution in [-0.2, 0) is 28.7 Å². The largest absolute Gasteiger partial charge is 0.469 e. The fourth-order valence-electron chi connectivity index (χ4n) is 2.25. The maximum atomic E-state index is 13.0. The summed E-state index contributed by atoms with van der Waals surface area (Å²) in [5.41, 5.74) is -0.506. The third-order valence-electron chi connectivity index (χ3n) is 3.48. The Labute approximate surface area is 142 Å². The molecule has 0 spiro atoms. The maximum Gasteiger partial charge on any atom is 0.436 e. The van der Waals surface area contributed by atoms with E-state index in [2.05, 4.69) is 36.0 Å². The van der Waals surface area contributed by atoms with Crippen LogP contribution in [0.3, 0.4) is 0 Å². The molecule has 0 aliphatic heterocycles. The van der Waals surface area contributed by atoms with Crippen LogP contribution in [0.4, 0.5) is 13.2 Å². The van der Waals surface area contributed by atoms with Gasteiger partial charge >= 0.3 is 12.1 Å². The average molecular weight is 409 g/mol. The number of esters is 1. The molecule has 1 fully saturated rings. The predicted molar refractivity (Wildman–Crippen MR) is 76.0 cm³/mol. The van der Waals surface area contributed by atoms with Crippen LogP contribution in [0, 0.1) is 0 Å².